The van der Waals surface area contributed by atoms with Crippen LogP contribution in [0.3, 0.4) is 0 Å². The van der Waals surface area contributed by atoms with Crippen molar-refractivity contribution >= 4 is 17.7 Å². The Labute approximate surface area is 92.4 Å². The first-order valence-corrected chi connectivity index (χ1v) is 5.34. The normalized spacial score (nSPS) is 11.0. The van der Waals surface area contributed by atoms with Gasteiger partial charge in [0.1, 0.15) is 0 Å². The lowest BCUT2D eigenvalue weighted by molar-refractivity contribution is 1.26. The predicted molar refractivity (Wildman–Crippen MR) is 64.1 cm³/mol. The molecule has 0 atom stereocenters. The van der Waals surface area contributed by atoms with Crippen molar-refractivity contribution in [2.75, 3.05) is 0 Å². The number of aromatic nitrogens is 1. The van der Waals surface area contributed by atoms with Gasteiger partial charge in [-0.3, -0.25) is 0 Å². The lowest BCUT2D eigenvalue weighted by atomic mass is 10.1. The summed E-state index contributed by atoms with van der Waals surface area (Å²) in [6, 6.07) is 10.1. The van der Waals surface area contributed by atoms with E-state index < -0.39 is 0 Å². The summed E-state index contributed by atoms with van der Waals surface area (Å²) in [6.07, 6.45) is 1.64. The van der Waals surface area contributed by atoms with Crippen molar-refractivity contribution in [3.05, 3.63) is 41.6 Å². The minimum atomic E-state index is 1.00. The highest BCUT2D eigenvalue weighted by Crippen LogP contribution is 2.24. The first-order chi connectivity index (χ1) is 7.29. The Hall–Kier alpha value is -1.68. The summed E-state index contributed by atoms with van der Waals surface area (Å²) in [5.41, 5.74) is 3.20. The summed E-state index contributed by atoms with van der Waals surface area (Å²) in [4.78, 5) is 1.17. The monoisotopic (exact) mass is 217 g/mol. The van der Waals surface area contributed by atoms with E-state index in [1.54, 1.807) is 6.21 Å². The molecule has 1 aromatic carbocycles. The van der Waals surface area contributed by atoms with Crippen LogP contribution in [0.25, 0.3) is 10.4 Å². The molecule has 0 aliphatic heterocycles. The highest BCUT2D eigenvalue weighted by molar-refractivity contribution is 7.09. The maximum atomic E-state index is 5.11. The lowest BCUT2D eigenvalue weighted by Crippen LogP contribution is -1.86. The molecule has 1 aromatic heterocycles. The number of hydrogen-bond acceptors (Lipinski definition) is 4. The molecule has 0 saturated carbocycles. The molecule has 0 amide bonds. The molecular formula is C11H11N3S. The van der Waals surface area contributed by atoms with Gasteiger partial charge in [0.05, 0.1) is 16.8 Å². The Morgan fingerprint density at radius 1 is 1.40 bits per heavy atom. The molecule has 2 rings (SSSR count). The van der Waals surface area contributed by atoms with Crippen molar-refractivity contribution in [2.45, 2.75) is 6.92 Å². The first kappa shape index (κ1) is 9.86. The number of hydrazone groups is 1. The summed E-state index contributed by atoms with van der Waals surface area (Å²) >= 11 is 1.50. The molecule has 0 bridgehead atoms. The van der Waals surface area contributed by atoms with Crippen LogP contribution in [0.15, 0.2) is 35.4 Å². The molecule has 0 saturated heterocycles. The molecule has 15 heavy (non-hydrogen) atoms. The van der Waals surface area contributed by atoms with Crippen molar-refractivity contribution in [2.24, 2.45) is 10.9 Å². The van der Waals surface area contributed by atoms with Gasteiger partial charge in [0, 0.05) is 0 Å². The van der Waals surface area contributed by atoms with Crippen molar-refractivity contribution in [1.29, 1.82) is 0 Å². The molecule has 0 spiro atoms. The van der Waals surface area contributed by atoms with Gasteiger partial charge >= 0.3 is 0 Å². The molecule has 0 unspecified atom stereocenters. The molecule has 0 fully saturated rings. The van der Waals surface area contributed by atoms with Crippen LogP contribution >= 0.6 is 11.5 Å². The van der Waals surface area contributed by atoms with Crippen LogP contribution in [0.1, 0.15) is 11.3 Å². The number of rotatable bonds is 2. The van der Waals surface area contributed by atoms with Gasteiger partial charge in [-0.15, -0.1) is 0 Å². The third-order valence-electron chi connectivity index (χ3n) is 2.02. The fourth-order valence-electron chi connectivity index (χ4n) is 1.36. The lowest BCUT2D eigenvalue weighted by Gasteiger charge is -1.97. The Morgan fingerprint density at radius 3 is 2.93 bits per heavy atom. The van der Waals surface area contributed by atoms with Crippen molar-refractivity contribution in [3.8, 4) is 10.4 Å². The minimum Gasteiger partial charge on any atom is -0.323 e. The Balaban J connectivity index is 2.40. The maximum Gasteiger partial charge on any atom is 0.0552 e. The smallest absolute Gasteiger partial charge is 0.0552 e. The van der Waals surface area contributed by atoms with E-state index in [-0.39, 0.29) is 0 Å². The zero-order valence-corrected chi connectivity index (χ0v) is 9.16. The second kappa shape index (κ2) is 4.23. The third-order valence-corrected chi connectivity index (χ3v) is 2.95. The molecule has 76 valence electrons. The summed E-state index contributed by atoms with van der Waals surface area (Å²) in [6.45, 7) is 1.99. The second-order valence-corrected chi connectivity index (χ2v) is 4.04. The van der Waals surface area contributed by atoms with Gasteiger partial charge in [-0.1, -0.05) is 18.2 Å². The van der Waals surface area contributed by atoms with Crippen molar-refractivity contribution in [3.63, 3.8) is 0 Å². The summed E-state index contributed by atoms with van der Waals surface area (Å²) in [5, 5.41) is 3.51. The van der Waals surface area contributed by atoms with Crippen LogP contribution in [0, 0.1) is 6.92 Å². The standard InChI is InChI=1S/C11H11N3S/c1-8-5-11(15-14-8)10-4-2-3-9(6-10)7-13-12/h2-7H,12H2,1H3. The van der Waals surface area contributed by atoms with Crippen LogP contribution in [0.5, 0.6) is 0 Å². The zero-order valence-electron chi connectivity index (χ0n) is 8.34. The highest BCUT2D eigenvalue weighted by Gasteiger charge is 2.01. The highest BCUT2D eigenvalue weighted by atomic mass is 32.1. The molecule has 2 N–H and O–H groups in total. The Morgan fingerprint density at radius 2 is 2.27 bits per heavy atom. The summed E-state index contributed by atoms with van der Waals surface area (Å²) in [7, 11) is 0. The van der Waals surface area contributed by atoms with E-state index in [1.165, 1.54) is 16.4 Å². The number of aryl methyl sites for hydroxylation is 1. The second-order valence-electron chi connectivity index (χ2n) is 3.24. The van der Waals surface area contributed by atoms with E-state index in [0.29, 0.717) is 0 Å². The minimum absolute atomic E-state index is 1.00. The molecular weight excluding hydrogens is 206 g/mol. The fraction of sp³-hybridized carbons (Fsp3) is 0.0909. The van der Waals surface area contributed by atoms with E-state index >= 15 is 0 Å². The van der Waals surface area contributed by atoms with Crippen LogP contribution in [0.2, 0.25) is 0 Å². The average molecular weight is 217 g/mol. The number of nitrogens with zero attached hydrogens (tertiary/aromatic N) is 2. The van der Waals surface area contributed by atoms with E-state index in [0.717, 1.165) is 16.8 Å². The van der Waals surface area contributed by atoms with Gasteiger partial charge in [0.25, 0.3) is 0 Å². The van der Waals surface area contributed by atoms with Crippen LogP contribution < -0.4 is 5.84 Å². The SMILES string of the molecule is Cc1cc(-c2cccc(C=NN)c2)sn1. The molecule has 0 aliphatic rings. The first-order valence-electron chi connectivity index (χ1n) is 4.56. The van der Waals surface area contributed by atoms with Crippen LogP contribution in [0.4, 0.5) is 0 Å². The van der Waals surface area contributed by atoms with Gasteiger partial charge in [-0.05, 0) is 41.7 Å². The Kier molecular flexibility index (Phi) is 2.78. The van der Waals surface area contributed by atoms with Gasteiger partial charge in [0.15, 0.2) is 0 Å². The number of benzene rings is 1. The van der Waals surface area contributed by atoms with Crippen LogP contribution in [-0.2, 0) is 0 Å². The van der Waals surface area contributed by atoms with Crippen molar-refractivity contribution in [1.82, 2.24) is 4.37 Å². The quantitative estimate of drug-likeness (QED) is 0.477. The van der Waals surface area contributed by atoms with Gasteiger partial charge < -0.3 is 5.84 Å². The molecule has 0 radical (unpaired) electrons. The van der Waals surface area contributed by atoms with Crippen LogP contribution in [-0.4, -0.2) is 10.6 Å². The topological polar surface area (TPSA) is 51.3 Å². The predicted octanol–water partition coefficient (Wildman–Crippen LogP) is 2.41. The zero-order chi connectivity index (χ0) is 10.7. The number of hydrogen-bond donors (Lipinski definition) is 1. The van der Waals surface area contributed by atoms with Gasteiger partial charge in [0.2, 0.25) is 0 Å². The molecule has 2 aromatic rings. The van der Waals surface area contributed by atoms with Crippen molar-refractivity contribution < 1.29 is 0 Å². The number of nitrogens with two attached hydrogens (primary N) is 1. The molecule has 3 nitrogen and oxygen atoms in total. The van der Waals surface area contributed by atoms with Gasteiger partial charge in [-0.25, -0.2) is 0 Å². The van der Waals surface area contributed by atoms with E-state index in [1.807, 2.05) is 25.1 Å². The molecule has 0 aliphatic carbocycles. The maximum absolute atomic E-state index is 5.11. The summed E-state index contributed by atoms with van der Waals surface area (Å²) < 4.78 is 4.25. The largest absolute Gasteiger partial charge is 0.323 e. The Bertz CT molecular complexity index is 488. The molecule has 1 heterocycles. The van der Waals surface area contributed by atoms with E-state index in [4.69, 9.17) is 5.84 Å². The van der Waals surface area contributed by atoms with E-state index in [9.17, 15) is 0 Å². The fourth-order valence-corrected chi connectivity index (χ4v) is 2.11. The van der Waals surface area contributed by atoms with Gasteiger partial charge in [-0.2, -0.15) is 9.47 Å². The average Bonchev–Trinajstić information content (AvgIpc) is 2.66. The van der Waals surface area contributed by atoms with E-state index in [2.05, 4.69) is 21.6 Å². The summed E-state index contributed by atoms with van der Waals surface area (Å²) in [5.74, 6) is 5.11. The third kappa shape index (κ3) is 2.22. The molecule has 4 heteroatoms.